The number of hydrogen-bond donors (Lipinski definition) is 3. The molecule has 0 aliphatic heterocycles. The molecule has 174 valence electrons. The van der Waals surface area contributed by atoms with Gasteiger partial charge in [-0.25, -0.2) is 4.79 Å². The minimum absolute atomic E-state index is 0.0216. The Kier molecular flexibility index (Phi) is 11.9. The number of carbonyl (C=O) groups is 3. The van der Waals surface area contributed by atoms with Crippen LogP contribution in [0.15, 0.2) is 11.6 Å². The Hall–Kier alpha value is -1.89. The highest BCUT2D eigenvalue weighted by molar-refractivity contribution is 5.92. The van der Waals surface area contributed by atoms with Gasteiger partial charge in [0.2, 0.25) is 11.8 Å². The van der Waals surface area contributed by atoms with Gasteiger partial charge in [0.15, 0.2) is 0 Å². The van der Waals surface area contributed by atoms with E-state index in [-0.39, 0.29) is 35.3 Å². The third-order valence-electron chi connectivity index (χ3n) is 5.72. The Morgan fingerprint density at radius 2 is 1.53 bits per heavy atom. The summed E-state index contributed by atoms with van der Waals surface area (Å²) < 4.78 is 0. The molecule has 0 aromatic carbocycles. The minimum Gasteiger partial charge on any atom is -0.478 e. The molecule has 0 heterocycles. The van der Waals surface area contributed by atoms with Crippen LogP contribution < -0.4 is 10.6 Å². The lowest BCUT2D eigenvalue weighted by Crippen LogP contribution is -2.61. The van der Waals surface area contributed by atoms with Gasteiger partial charge < -0.3 is 20.6 Å². The molecule has 2 atom stereocenters. The second-order valence-electron chi connectivity index (χ2n) is 8.87. The molecule has 0 aliphatic rings. The van der Waals surface area contributed by atoms with E-state index < -0.39 is 17.6 Å². The zero-order valence-corrected chi connectivity index (χ0v) is 20.3. The van der Waals surface area contributed by atoms with Crippen LogP contribution in [0.4, 0.5) is 0 Å². The molecule has 7 nitrogen and oxygen atoms in total. The molecule has 0 spiro atoms. The summed E-state index contributed by atoms with van der Waals surface area (Å²) in [6, 6.07) is -1.07. The second-order valence-corrected chi connectivity index (χ2v) is 8.87. The highest BCUT2D eigenvalue weighted by atomic mass is 16.4. The number of aliphatic carboxylic acids is 1. The first-order valence-electron chi connectivity index (χ1n) is 11.1. The van der Waals surface area contributed by atoms with Crippen LogP contribution in [0.5, 0.6) is 0 Å². The summed E-state index contributed by atoms with van der Waals surface area (Å²) in [7, 11) is 3.46. The number of nitrogens with one attached hydrogen (secondary N) is 2. The fourth-order valence-electron chi connectivity index (χ4n) is 3.81. The van der Waals surface area contributed by atoms with Crippen molar-refractivity contribution in [1.29, 1.82) is 0 Å². The van der Waals surface area contributed by atoms with Crippen LogP contribution >= 0.6 is 0 Å². The number of carbonyl (C=O) groups excluding carboxylic acids is 2. The van der Waals surface area contributed by atoms with Crippen molar-refractivity contribution in [2.75, 3.05) is 14.1 Å². The van der Waals surface area contributed by atoms with Crippen molar-refractivity contribution in [2.24, 2.45) is 11.8 Å². The molecule has 0 radical (unpaired) electrons. The highest BCUT2D eigenvalue weighted by Gasteiger charge is 2.39. The average molecular weight is 426 g/mol. The van der Waals surface area contributed by atoms with Gasteiger partial charge in [-0.3, -0.25) is 9.59 Å². The van der Waals surface area contributed by atoms with Crippen LogP contribution in [0.1, 0.15) is 74.1 Å². The van der Waals surface area contributed by atoms with Crippen LogP contribution in [0, 0.1) is 11.8 Å². The van der Waals surface area contributed by atoms with Crippen molar-refractivity contribution >= 4 is 17.8 Å². The lowest BCUT2D eigenvalue weighted by atomic mass is 9.86. The molecule has 0 aromatic heterocycles. The van der Waals surface area contributed by atoms with Crippen molar-refractivity contribution in [2.45, 2.75) is 91.8 Å². The van der Waals surface area contributed by atoms with Crippen LogP contribution in [-0.4, -0.2) is 59.5 Å². The predicted molar refractivity (Wildman–Crippen MR) is 121 cm³/mol. The maximum Gasteiger partial charge on any atom is 0.331 e. The first kappa shape index (κ1) is 28.1. The average Bonchev–Trinajstić information content (AvgIpc) is 2.67. The molecule has 0 aromatic rings. The number of nitrogens with zero attached hydrogens (tertiary/aromatic N) is 1. The lowest BCUT2D eigenvalue weighted by Gasteiger charge is -2.37. The SMILES string of the molecule is CCCC(CCC)(NC)C(=O)NC(C(=O)N(C)C(/C=C(\C)C(=O)O)C(C)C)C(C)C. The summed E-state index contributed by atoms with van der Waals surface area (Å²) in [5.41, 5.74) is -0.509. The predicted octanol–water partition coefficient (Wildman–Crippen LogP) is 3.20. The van der Waals surface area contributed by atoms with Gasteiger partial charge >= 0.3 is 5.97 Å². The summed E-state index contributed by atoms with van der Waals surface area (Å²) in [4.78, 5) is 39.4. The van der Waals surface area contributed by atoms with E-state index in [1.165, 1.54) is 6.92 Å². The lowest BCUT2D eigenvalue weighted by molar-refractivity contribution is -0.140. The molecule has 0 saturated heterocycles. The maximum atomic E-state index is 13.4. The Bertz CT molecular complexity index is 608. The molecule has 0 fully saturated rings. The van der Waals surface area contributed by atoms with Gasteiger partial charge in [-0.05, 0) is 38.6 Å². The molecule has 2 unspecified atom stereocenters. The Morgan fingerprint density at radius 1 is 1.03 bits per heavy atom. The number of amides is 2. The summed E-state index contributed by atoms with van der Waals surface area (Å²) in [5, 5.41) is 15.4. The van der Waals surface area contributed by atoms with Crippen molar-refractivity contribution in [3.8, 4) is 0 Å². The Morgan fingerprint density at radius 3 is 1.87 bits per heavy atom. The molecular weight excluding hydrogens is 382 g/mol. The van der Waals surface area contributed by atoms with Gasteiger partial charge in [-0.15, -0.1) is 0 Å². The van der Waals surface area contributed by atoms with Gasteiger partial charge in [0, 0.05) is 12.6 Å². The Balaban J connectivity index is 5.82. The van der Waals surface area contributed by atoms with Crippen LogP contribution in [0.2, 0.25) is 0 Å². The molecule has 30 heavy (non-hydrogen) atoms. The summed E-state index contributed by atoms with van der Waals surface area (Å²) >= 11 is 0. The zero-order valence-electron chi connectivity index (χ0n) is 20.3. The van der Waals surface area contributed by atoms with E-state index in [9.17, 15) is 19.5 Å². The van der Waals surface area contributed by atoms with Crippen molar-refractivity contribution < 1.29 is 19.5 Å². The minimum atomic E-state index is -1.01. The van der Waals surface area contributed by atoms with Crippen LogP contribution in [0.25, 0.3) is 0 Å². The quantitative estimate of drug-likeness (QED) is 0.394. The first-order valence-corrected chi connectivity index (χ1v) is 11.1. The summed E-state index contributed by atoms with van der Waals surface area (Å²) in [5.74, 6) is -1.47. The molecule has 2 amide bonds. The fraction of sp³-hybridized carbons (Fsp3) is 0.783. The molecule has 0 bridgehead atoms. The molecular formula is C23H43N3O4. The largest absolute Gasteiger partial charge is 0.478 e. The van der Waals surface area contributed by atoms with Crippen molar-refractivity contribution in [3.05, 3.63) is 11.6 Å². The van der Waals surface area contributed by atoms with E-state index in [0.29, 0.717) is 12.8 Å². The van der Waals surface area contributed by atoms with E-state index in [1.54, 1.807) is 25.1 Å². The molecule has 0 saturated carbocycles. The van der Waals surface area contributed by atoms with E-state index in [1.807, 2.05) is 41.5 Å². The highest BCUT2D eigenvalue weighted by Crippen LogP contribution is 2.22. The van der Waals surface area contributed by atoms with Gasteiger partial charge in [0.05, 0.1) is 11.6 Å². The molecule has 7 heteroatoms. The third-order valence-corrected chi connectivity index (χ3v) is 5.72. The number of carboxylic acid groups (broad SMARTS) is 1. The maximum absolute atomic E-state index is 13.4. The van der Waals surface area contributed by atoms with E-state index >= 15 is 0 Å². The van der Waals surface area contributed by atoms with Gasteiger partial charge in [-0.1, -0.05) is 60.5 Å². The smallest absolute Gasteiger partial charge is 0.331 e. The van der Waals surface area contributed by atoms with Gasteiger partial charge in [-0.2, -0.15) is 0 Å². The normalized spacial score (nSPS) is 14.6. The fourth-order valence-corrected chi connectivity index (χ4v) is 3.81. The van der Waals surface area contributed by atoms with Crippen molar-refractivity contribution in [1.82, 2.24) is 15.5 Å². The van der Waals surface area contributed by atoms with Crippen LogP contribution in [-0.2, 0) is 14.4 Å². The zero-order chi connectivity index (χ0) is 23.6. The monoisotopic (exact) mass is 425 g/mol. The van der Waals surface area contributed by atoms with Gasteiger partial charge in [0.25, 0.3) is 0 Å². The first-order chi connectivity index (χ1) is 13.9. The van der Waals surface area contributed by atoms with E-state index in [2.05, 4.69) is 10.6 Å². The summed E-state index contributed by atoms with van der Waals surface area (Å²) in [6.07, 6.45) is 4.68. The second kappa shape index (κ2) is 12.7. The van der Waals surface area contributed by atoms with E-state index in [4.69, 9.17) is 0 Å². The number of rotatable bonds is 13. The van der Waals surface area contributed by atoms with Gasteiger partial charge in [0.1, 0.15) is 6.04 Å². The van der Waals surface area contributed by atoms with Crippen molar-refractivity contribution in [3.63, 3.8) is 0 Å². The summed E-state index contributed by atoms with van der Waals surface area (Å²) in [6.45, 7) is 13.3. The molecule has 0 rings (SSSR count). The Labute approximate surface area is 182 Å². The third kappa shape index (κ3) is 7.42. The molecule has 3 N–H and O–H groups in total. The van der Waals surface area contributed by atoms with E-state index in [0.717, 1.165) is 12.8 Å². The number of hydrogen-bond acceptors (Lipinski definition) is 4. The number of carboxylic acids is 1. The van der Waals surface area contributed by atoms with Crippen LogP contribution in [0.3, 0.4) is 0 Å². The molecule has 0 aliphatic carbocycles. The number of likely N-dealkylation sites (N-methyl/N-ethyl adjacent to an activating group) is 2. The standard InChI is InChI=1S/C23H43N3O4/c1-10-12-23(24-8,13-11-2)22(30)25-19(16(5)6)20(27)26(9)18(15(3)4)14-17(7)21(28)29/h14-16,18-19,24H,10-13H2,1-9H3,(H,25,30)(H,28,29)/b17-14+. The topological polar surface area (TPSA) is 98.7 Å².